The fourth-order valence-corrected chi connectivity index (χ4v) is 1.49. The van der Waals surface area contributed by atoms with Crippen molar-refractivity contribution in [2.45, 2.75) is 33.6 Å². The van der Waals surface area contributed by atoms with E-state index in [1.807, 2.05) is 32.0 Å². The monoisotopic (exact) mass is 235 g/mol. The third-order valence-corrected chi connectivity index (χ3v) is 2.26. The first-order valence-corrected chi connectivity index (χ1v) is 6.14. The van der Waals surface area contributed by atoms with Crippen LogP contribution in [0.15, 0.2) is 24.3 Å². The lowest BCUT2D eigenvalue weighted by Gasteiger charge is -2.09. The Morgan fingerprint density at radius 1 is 1.41 bits per heavy atom. The quantitative estimate of drug-likeness (QED) is 0.842. The van der Waals surface area contributed by atoms with Crippen LogP contribution >= 0.6 is 0 Å². The lowest BCUT2D eigenvalue weighted by molar-refractivity contribution is 0.147. The summed E-state index contributed by atoms with van der Waals surface area (Å²) in [5.74, 6) is 0.354. The van der Waals surface area contributed by atoms with Crippen LogP contribution in [-0.4, -0.2) is 12.7 Å². The molecule has 0 bridgehead atoms. The van der Waals surface area contributed by atoms with Gasteiger partial charge in [-0.3, -0.25) is 5.32 Å². The highest BCUT2D eigenvalue weighted by Crippen LogP contribution is 2.12. The van der Waals surface area contributed by atoms with Crippen LogP contribution in [0.1, 0.15) is 32.8 Å². The molecule has 1 amide bonds. The Hall–Kier alpha value is -1.51. The standard InChI is InChI=1S/C14H21NO2/c1-4-6-12-7-5-8-13(9-12)15-14(16)17-10-11(2)3/h5,7-9,11H,4,6,10H2,1-3H3,(H,15,16). The van der Waals surface area contributed by atoms with Gasteiger partial charge in [-0.05, 0) is 30.0 Å². The molecule has 0 heterocycles. The third-order valence-electron chi connectivity index (χ3n) is 2.26. The fraction of sp³-hybridized carbons (Fsp3) is 0.500. The van der Waals surface area contributed by atoms with Crippen molar-refractivity contribution in [3.8, 4) is 0 Å². The number of carbonyl (C=O) groups is 1. The minimum atomic E-state index is -0.382. The van der Waals surface area contributed by atoms with Crippen LogP contribution in [0.4, 0.5) is 10.5 Å². The largest absolute Gasteiger partial charge is 0.449 e. The summed E-state index contributed by atoms with van der Waals surface area (Å²) in [6.45, 7) is 6.60. The second-order valence-corrected chi connectivity index (χ2v) is 4.57. The summed E-state index contributed by atoms with van der Waals surface area (Å²) in [4.78, 5) is 11.5. The summed E-state index contributed by atoms with van der Waals surface area (Å²) in [5.41, 5.74) is 2.03. The molecule has 3 nitrogen and oxygen atoms in total. The molecule has 0 unspecified atom stereocenters. The predicted molar refractivity (Wildman–Crippen MR) is 70.2 cm³/mol. The zero-order valence-electron chi connectivity index (χ0n) is 10.8. The minimum Gasteiger partial charge on any atom is -0.449 e. The molecule has 1 aromatic carbocycles. The third kappa shape index (κ3) is 5.38. The van der Waals surface area contributed by atoms with Crippen molar-refractivity contribution >= 4 is 11.8 Å². The second-order valence-electron chi connectivity index (χ2n) is 4.57. The van der Waals surface area contributed by atoms with Crippen LogP contribution in [0.5, 0.6) is 0 Å². The van der Waals surface area contributed by atoms with Gasteiger partial charge in [0.2, 0.25) is 0 Å². The van der Waals surface area contributed by atoms with Gasteiger partial charge >= 0.3 is 6.09 Å². The van der Waals surface area contributed by atoms with Gasteiger partial charge in [0.05, 0.1) is 6.61 Å². The van der Waals surface area contributed by atoms with Crippen molar-refractivity contribution in [3.63, 3.8) is 0 Å². The molecule has 0 fully saturated rings. The lowest BCUT2D eigenvalue weighted by atomic mass is 10.1. The maximum Gasteiger partial charge on any atom is 0.411 e. The molecular weight excluding hydrogens is 214 g/mol. The van der Waals surface area contributed by atoms with E-state index in [4.69, 9.17) is 4.74 Å². The molecule has 17 heavy (non-hydrogen) atoms. The second kappa shape index (κ2) is 6.94. The first kappa shape index (κ1) is 13.6. The van der Waals surface area contributed by atoms with Gasteiger partial charge in [0.25, 0.3) is 0 Å². The number of ether oxygens (including phenoxy) is 1. The van der Waals surface area contributed by atoms with Crippen LogP contribution < -0.4 is 5.32 Å². The number of carbonyl (C=O) groups excluding carboxylic acids is 1. The zero-order chi connectivity index (χ0) is 12.7. The van der Waals surface area contributed by atoms with Gasteiger partial charge < -0.3 is 4.74 Å². The van der Waals surface area contributed by atoms with E-state index >= 15 is 0 Å². The van der Waals surface area contributed by atoms with Crippen molar-refractivity contribution in [3.05, 3.63) is 29.8 Å². The highest BCUT2D eigenvalue weighted by atomic mass is 16.5. The van der Waals surface area contributed by atoms with Crippen LogP contribution in [0.3, 0.4) is 0 Å². The highest BCUT2D eigenvalue weighted by Gasteiger charge is 2.04. The lowest BCUT2D eigenvalue weighted by Crippen LogP contribution is -2.16. The summed E-state index contributed by atoms with van der Waals surface area (Å²) in [7, 11) is 0. The number of anilines is 1. The van der Waals surface area contributed by atoms with E-state index < -0.39 is 0 Å². The van der Waals surface area contributed by atoms with E-state index in [1.165, 1.54) is 5.56 Å². The van der Waals surface area contributed by atoms with E-state index in [2.05, 4.69) is 18.3 Å². The van der Waals surface area contributed by atoms with Gasteiger partial charge in [-0.25, -0.2) is 4.79 Å². The van der Waals surface area contributed by atoms with Crippen molar-refractivity contribution < 1.29 is 9.53 Å². The molecule has 1 N–H and O–H groups in total. The summed E-state index contributed by atoms with van der Waals surface area (Å²) >= 11 is 0. The molecule has 0 spiro atoms. The zero-order valence-corrected chi connectivity index (χ0v) is 10.8. The Bertz CT molecular complexity index is 361. The molecule has 0 aliphatic rings. The number of hydrogen-bond donors (Lipinski definition) is 1. The average molecular weight is 235 g/mol. The van der Waals surface area contributed by atoms with E-state index in [-0.39, 0.29) is 6.09 Å². The van der Waals surface area contributed by atoms with Crippen molar-refractivity contribution in [2.24, 2.45) is 5.92 Å². The molecule has 1 rings (SSSR count). The first-order chi connectivity index (χ1) is 8.11. The van der Waals surface area contributed by atoms with Gasteiger partial charge in [-0.15, -0.1) is 0 Å². The summed E-state index contributed by atoms with van der Waals surface area (Å²) in [6.07, 6.45) is 1.74. The summed E-state index contributed by atoms with van der Waals surface area (Å²) in [6, 6.07) is 7.87. The Labute approximate surface area is 103 Å². The maximum atomic E-state index is 11.5. The van der Waals surface area contributed by atoms with E-state index in [0.29, 0.717) is 12.5 Å². The van der Waals surface area contributed by atoms with Gasteiger partial charge in [0, 0.05) is 5.69 Å². The Kier molecular flexibility index (Phi) is 5.53. The topological polar surface area (TPSA) is 38.3 Å². The SMILES string of the molecule is CCCc1cccc(NC(=O)OCC(C)C)c1. The number of hydrogen-bond acceptors (Lipinski definition) is 2. The molecule has 0 atom stereocenters. The molecule has 3 heteroatoms. The number of rotatable bonds is 5. The smallest absolute Gasteiger partial charge is 0.411 e. The van der Waals surface area contributed by atoms with Gasteiger partial charge in [0.15, 0.2) is 0 Å². The first-order valence-electron chi connectivity index (χ1n) is 6.14. The molecule has 0 saturated heterocycles. The van der Waals surface area contributed by atoms with Crippen LogP contribution in [0.2, 0.25) is 0 Å². The number of nitrogens with one attached hydrogen (secondary N) is 1. The normalized spacial score (nSPS) is 10.4. The molecule has 0 aliphatic heterocycles. The maximum absolute atomic E-state index is 11.5. The molecule has 1 aromatic rings. The average Bonchev–Trinajstić information content (AvgIpc) is 2.27. The molecule has 0 aliphatic carbocycles. The Morgan fingerprint density at radius 3 is 2.82 bits per heavy atom. The Morgan fingerprint density at radius 2 is 2.18 bits per heavy atom. The van der Waals surface area contributed by atoms with Crippen molar-refractivity contribution in [1.29, 1.82) is 0 Å². The fourth-order valence-electron chi connectivity index (χ4n) is 1.49. The van der Waals surface area contributed by atoms with E-state index in [0.717, 1.165) is 18.5 Å². The van der Waals surface area contributed by atoms with Crippen LogP contribution in [-0.2, 0) is 11.2 Å². The number of amides is 1. The Balaban J connectivity index is 2.50. The van der Waals surface area contributed by atoms with Gasteiger partial charge in [-0.2, -0.15) is 0 Å². The van der Waals surface area contributed by atoms with Gasteiger partial charge in [-0.1, -0.05) is 39.3 Å². The molecule has 0 saturated carbocycles. The van der Waals surface area contributed by atoms with Crippen LogP contribution in [0, 0.1) is 5.92 Å². The molecule has 0 aromatic heterocycles. The van der Waals surface area contributed by atoms with E-state index in [1.54, 1.807) is 0 Å². The van der Waals surface area contributed by atoms with Crippen LogP contribution in [0.25, 0.3) is 0 Å². The molecule has 0 radical (unpaired) electrons. The number of aryl methyl sites for hydroxylation is 1. The predicted octanol–water partition coefficient (Wildman–Crippen LogP) is 3.84. The summed E-state index contributed by atoms with van der Waals surface area (Å²) in [5, 5.41) is 2.73. The van der Waals surface area contributed by atoms with E-state index in [9.17, 15) is 4.79 Å². The van der Waals surface area contributed by atoms with Crippen molar-refractivity contribution in [2.75, 3.05) is 11.9 Å². The molecular formula is C14H21NO2. The van der Waals surface area contributed by atoms with Crippen molar-refractivity contribution in [1.82, 2.24) is 0 Å². The highest BCUT2D eigenvalue weighted by molar-refractivity contribution is 5.84. The number of benzene rings is 1. The summed E-state index contributed by atoms with van der Waals surface area (Å²) < 4.78 is 5.06. The van der Waals surface area contributed by atoms with Gasteiger partial charge in [0.1, 0.15) is 0 Å². The minimum absolute atomic E-state index is 0.354. The molecule has 94 valence electrons.